The van der Waals surface area contributed by atoms with Gasteiger partial charge in [-0.1, -0.05) is 13.1 Å². The highest BCUT2D eigenvalue weighted by Gasteiger charge is 2.33. The van der Waals surface area contributed by atoms with Gasteiger partial charge in [0, 0.05) is 31.4 Å². The molecule has 0 aliphatic carbocycles. The summed E-state index contributed by atoms with van der Waals surface area (Å²) in [5, 5.41) is 8.38. The van der Waals surface area contributed by atoms with Crippen molar-refractivity contribution in [3.8, 4) is 0 Å². The molecule has 0 aliphatic heterocycles. The quantitative estimate of drug-likeness (QED) is 0.228. The van der Waals surface area contributed by atoms with Crippen LogP contribution in [0.5, 0.6) is 0 Å². The summed E-state index contributed by atoms with van der Waals surface area (Å²) in [6.45, 7) is 8.79. The number of hydrogen-bond donors (Lipinski definition) is 1. The van der Waals surface area contributed by atoms with Crippen LogP contribution in [-0.2, 0) is 23.8 Å². The van der Waals surface area contributed by atoms with Crippen LogP contribution < -0.4 is 0 Å². The minimum absolute atomic E-state index is 0.475. The lowest BCUT2D eigenvalue weighted by atomic mass is 10.5. The van der Waals surface area contributed by atoms with Crippen molar-refractivity contribution in [2.45, 2.75) is 32.4 Å². The Morgan fingerprint density at radius 3 is 2.10 bits per heavy atom. The summed E-state index contributed by atoms with van der Waals surface area (Å²) < 4.78 is 16.1. The summed E-state index contributed by atoms with van der Waals surface area (Å²) >= 11 is 0. The van der Waals surface area contributed by atoms with Gasteiger partial charge < -0.3 is 19.3 Å². The van der Waals surface area contributed by atoms with Crippen LogP contribution in [0, 0.1) is 0 Å². The van der Waals surface area contributed by atoms with Crippen LogP contribution in [0.25, 0.3) is 0 Å². The molecule has 20 heavy (non-hydrogen) atoms. The number of carbonyl (C=O) groups excluding carboxylic acids is 1. The lowest BCUT2D eigenvalue weighted by Gasteiger charge is -2.33. The van der Waals surface area contributed by atoms with Gasteiger partial charge in [-0.25, -0.2) is 9.59 Å². The Hall–Kier alpha value is -1.44. The van der Waals surface area contributed by atoms with E-state index >= 15 is 0 Å². The molecule has 0 aliphatic rings. The van der Waals surface area contributed by atoms with Gasteiger partial charge in [0.05, 0.1) is 6.26 Å². The van der Waals surface area contributed by atoms with Crippen LogP contribution in [0.15, 0.2) is 24.5 Å². The number of carboxylic acid groups (broad SMARTS) is 1. The van der Waals surface area contributed by atoms with Gasteiger partial charge in [0.2, 0.25) is 0 Å². The summed E-state index contributed by atoms with van der Waals surface area (Å²) in [4.78, 5) is 21.5. The monoisotopic (exact) mass is 302 g/mol. The van der Waals surface area contributed by atoms with E-state index < -0.39 is 26.1 Å². The summed E-state index contributed by atoms with van der Waals surface area (Å²) in [5.41, 5.74) is -0.833. The normalized spacial score (nSPS) is 12.4. The molecule has 7 heteroatoms. The number of esters is 1. The highest BCUT2D eigenvalue weighted by molar-refractivity contribution is 6.59. The number of hydrogen-bond acceptors (Lipinski definition) is 5. The summed E-state index contributed by atoms with van der Waals surface area (Å²) in [7, 11) is -1.39. The van der Waals surface area contributed by atoms with Gasteiger partial charge >= 0.3 is 11.9 Å². The van der Waals surface area contributed by atoms with E-state index in [1.54, 1.807) is 6.08 Å². The third-order valence-electron chi connectivity index (χ3n) is 2.39. The number of carboxylic acids is 1. The third kappa shape index (κ3) is 6.64. The molecule has 0 unspecified atom stereocenters. The molecule has 0 heterocycles. The van der Waals surface area contributed by atoms with Gasteiger partial charge in [-0.15, -0.1) is 0 Å². The second-order valence-corrected chi connectivity index (χ2v) is 7.27. The van der Waals surface area contributed by atoms with Gasteiger partial charge in [-0.3, -0.25) is 0 Å². The van der Waals surface area contributed by atoms with Crippen LogP contribution in [-0.4, -0.2) is 44.5 Å². The second-order valence-electron chi connectivity index (χ2n) is 4.15. The maximum atomic E-state index is 11.2. The Bertz CT molecular complexity index is 369. The fraction of sp³-hybridized carbons (Fsp3) is 0.538. The molecule has 0 amide bonds. The molecular formula is C13H22O6Si. The molecule has 6 nitrogen and oxygen atoms in total. The van der Waals surface area contributed by atoms with Crippen molar-refractivity contribution in [2.24, 2.45) is 0 Å². The van der Waals surface area contributed by atoms with Crippen LogP contribution in [0.2, 0.25) is 13.1 Å². The Morgan fingerprint density at radius 1 is 1.15 bits per heavy atom. The molecule has 0 saturated carbocycles. The van der Waals surface area contributed by atoms with Crippen molar-refractivity contribution in [1.82, 2.24) is 0 Å². The van der Waals surface area contributed by atoms with Gasteiger partial charge in [0.25, 0.3) is 0 Å². The molecule has 0 fully saturated rings. The van der Waals surface area contributed by atoms with Gasteiger partial charge in [-0.2, -0.15) is 0 Å². The molecule has 0 radical (unpaired) electrons. The molecule has 0 saturated heterocycles. The molecule has 0 spiro atoms. The highest BCUT2D eigenvalue weighted by Crippen LogP contribution is 2.20. The molecular weight excluding hydrogens is 280 g/mol. The average Bonchev–Trinajstić information content (AvgIpc) is 2.36. The Labute approximate surface area is 120 Å². The van der Waals surface area contributed by atoms with E-state index in [2.05, 4.69) is 13.1 Å². The number of aliphatic carboxylic acids is 1. The molecule has 0 rings (SSSR count). The van der Waals surface area contributed by atoms with E-state index in [4.69, 9.17) is 19.3 Å². The molecule has 0 aromatic heterocycles. The van der Waals surface area contributed by atoms with Crippen LogP contribution >= 0.6 is 0 Å². The SMILES string of the molecule is CCOC(C=COC(=O)C=CC(=O)O)(OCC)[SiH](C)C. The molecule has 0 aromatic rings. The predicted molar refractivity (Wildman–Crippen MR) is 76.9 cm³/mol. The zero-order chi connectivity index (χ0) is 15.6. The van der Waals surface area contributed by atoms with Crippen molar-refractivity contribution >= 4 is 20.7 Å². The minimum Gasteiger partial charge on any atom is -0.478 e. The number of ether oxygens (including phenoxy) is 3. The maximum Gasteiger partial charge on any atom is 0.335 e. The smallest absolute Gasteiger partial charge is 0.335 e. The molecule has 0 bridgehead atoms. The van der Waals surface area contributed by atoms with E-state index in [9.17, 15) is 9.59 Å². The van der Waals surface area contributed by atoms with Crippen molar-refractivity contribution in [1.29, 1.82) is 0 Å². The molecule has 0 atom stereocenters. The molecule has 114 valence electrons. The number of carbonyl (C=O) groups is 2. The fourth-order valence-corrected chi connectivity index (χ4v) is 2.95. The van der Waals surface area contributed by atoms with Crippen molar-refractivity contribution < 1.29 is 28.9 Å². The molecule has 0 aromatic carbocycles. The molecule has 1 N–H and O–H groups in total. The lowest BCUT2D eigenvalue weighted by molar-refractivity contribution is -0.146. The first kappa shape index (κ1) is 18.6. The van der Waals surface area contributed by atoms with Gasteiger partial charge in [-0.05, 0) is 13.8 Å². The second kappa shape index (κ2) is 9.46. The van der Waals surface area contributed by atoms with Gasteiger partial charge in [0.15, 0.2) is 5.41 Å². The van der Waals surface area contributed by atoms with Crippen LogP contribution in [0.4, 0.5) is 0 Å². The van der Waals surface area contributed by atoms with Crippen LogP contribution in [0.3, 0.4) is 0 Å². The zero-order valence-corrected chi connectivity index (χ0v) is 13.4. The van der Waals surface area contributed by atoms with Crippen LogP contribution in [0.1, 0.15) is 13.8 Å². The Morgan fingerprint density at radius 2 is 1.70 bits per heavy atom. The largest absolute Gasteiger partial charge is 0.478 e. The van der Waals surface area contributed by atoms with E-state index in [1.165, 1.54) is 6.26 Å². The first-order valence-electron chi connectivity index (χ1n) is 6.45. The highest BCUT2D eigenvalue weighted by atomic mass is 28.3. The summed E-state index contributed by atoms with van der Waals surface area (Å²) in [5.74, 6) is -1.98. The van der Waals surface area contributed by atoms with E-state index in [1.807, 2.05) is 13.8 Å². The summed E-state index contributed by atoms with van der Waals surface area (Å²) in [6.07, 6.45) is 4.31. The zero-order valence-electron chi connectivity index (χ0n) is 12.3. The fourth-order valence-electron chi connectivity index (χ4n) is 1.49. The minimum atomic E-state index is -1.39. The van der Waals surface area contributed by atoms with Crippen molar-refractivity contribution in [3.05, 3.63) is 24.5 Å². The topological polar surface area (TPSA) is 82.1 Å². The van der Waals surface area contributed by atoms with Crippen molar-refractivity contribution in [3.63, 3.8) is 0 Å². The van der Waals surface area contributed by atoms with E-state index in [-0.39, 0.29) is 0 Å². The number of rotatable bonds is 9. The van der Waals surface area contributed by atoms with E-state index in [0.29, 0.717) is 19.3 Å². The Balaban J connectivity index is 4.76. The van der Waals surface area contributed by atoms with Gasteiger partial charge in [0.1, 0.15) is 8.80 Å². The average molecular weight is 302 g/mol. The predicted octanol–water partition coefficient (Wildman–Crippen LogP) is 1.48. The maximum absolute atomic E-state index is 11.2. The first-order valence-corrected chi connectivity index (χ1v) is 9.33. The first-order chi connectivity index (χ1) is 9.38. The Kier molecular flexibility index (Phi) is 8.78. The van der Waals surface area contributed by atoms with E-state index in [0.717, 1.165) is 6.08 Å². The summed E-state index contributed by atoms with van der Waals surface area (Å²) in [6, 6.07) is 0. The standard InChI is InChI=1S/C13H22O6Si/c1-5-18-13(19-6-2,20(3)4)9-10-17-12(16)8-7-11(14)15/h7-10,20H,5-6H2,1-4H3,(H,14,15). The third-order valence-corrected chi connectivity index (χ3v) is 4.53. The van der Waals surface area contributed by atoms with Crippen molar-refractivity contribution in [2.75, 3.05) is 13.2 Å². The lowest BCUT2D eigenvalue weighted by Crippen LogP contribution is -2.46.